The standard InChI is InChI=1S/C12H26Si/c1-9(2)11-7-6-10(3)8-12(11)13(4)5/h9-13H,6-8H2,1-5H3. The molecule has 0 nitrogen and oxygen atoms in total. The summed E-state index contributed by atoms with van der Waals surface area (Å²) in [5.74, 6) is 2.99. The van der Waals surface area contributed by atoms with Crippen LogP contribution in [0.1, 0.15) is 40.0 Å². The lowest BCUT2D eigenvalue weighted by molar-refractivity contribution is 0.232. The minimum atomic E-state index is -0.404. The van der Waals surface area contributed by atoms with Crippen LogP contribution in [0.4, 0.5) is 0 Å². The van der Waals surface area contributed by atoms with Crippen LogP contribution in [-0.2, 0) is 0 Å². The Kier molecular flexibility index (Phi) is 4.02. The largest absolute Gasteiger partial charge is 0.0720 e. The molecule has 0 spiro atoms. The van der Waals surface area contributed by atoms with Gasteiger partial charge >= 0.3 is 0 Å². The fourth-order valence-corrected chi connectivity index (χ4v) is 5.68. The van der Waals surface area contributed by atoms with E-state index in [2.05, 4.69) is 33.9 Å². The third-order valence-electron chi connectivity index (χ3n) is 3.93. The van der Waals surface area contributed by atoms with Crippen LogP contribution in [0.15, 0.2) is 0 Å². The molecule has 0 aliphatic heterocycles. The molecule has 0 aromatic heterocycles. The van der Waals surface area contributed by atoms with Crippen molar-refractivity contribution in [2.75, 3.05) is 0 Å². The lowest BCUT2D eigenvalue weighted by Crippen LogP contribution is -2.30. The molecule has 13 heavy (non-hydrogen) atoms. The lowest BCUT2D eigenvalue weighted by atomic mass is 9.77. The molecule has 3 unspecified atom stereocenters. The maximum absolute atomic E-state index is 2.54. The van der Waals surface area contributed by atoms with Crippen molar-refractivity contribution >= 4 is 8.80 Å². The van der Waals surface area contributed by atoms with Gasteiger partial charge in [0.2, 0.25) is 0 Å². The molecule has 1 heteroatoms. The zero-order chi connectivity index (χ0) is 10.0. The Morgan fingerprint density at radius 3 is 2.23 bits per heavy atom. The van der Waals surface area contributed by atoms with Crippen LogP contribution in [0.5, 0.6) is 0 Å². The van der Waals surface area contributed by atoms with E-state index in [9.17, 15) is 0 Å². The fraction of sp³-hybridized carbons (Fsp3) is 1.00. The molecule has 1 fully saturated rings. The Bertz CT molecular complexity index is 151. The van der Waals surface area contributed by atoms with E-state index < -0.39 is 8.80 Å². The first-order valence-corrected chi connectivity index (χ1v) is 9.00. The molecular weight excluding hydrogens is 172 g/mol. The number of hydrogen-bond acceptors (Lipinski definition) is 0. The second-order valence-electron chi connectivity index (χ2n) is 5.73. The third kappa shape index (κ3) is 2.83. The van der Waals surface area contributed by atoms with Gasteiger partial charge in [-0.3, -0.25) is 0 Å². The maximum atomic E-state index is 2.54. The number of hydrogen-bond donors (Lipinski definition) is 0. The molecular formula is C12H26Si. The van der Waals surface area contributed by atoms with Crippen LogP contribution in [0, 0.1) is 17.8 Å². The van der Waals surface area contributed by atoms with Gasteiger partial charge in [0, 0.05) is 8.80 Å². The van der Waals surface area contributed by atoms with Crippen molar-refractivity contribution in [2.45, 2.75) is 58.7 Å². The molecule has 0 bridgehead atoms. The van der Waals surface area contributed by atoms with E-state index in [1.165, 1.54) is 19.3 Å². The van der Waals surface area contributed by atoms with E-state index in [1.54, 1.807) is 0 Å². The Labute approximate surface area is 85.7 Å². The van der Waals surface area contributed by atoms with Crippen LogP contribution in [0.3, 0.4) is 0 Å². The van der Waals surface area contributed by atoms with E-state index in [4.69, 9.17) is 0 Å². The summed E-state index contributed by atoms with van der Waals surface area (Å²) in [5, 5.41) is 0. The minimum absolute atomic E-state index is 0.404. The van der Waals surface area contributed by atoms with E-state index in [0.29, 0.717) is 0 Å². The minimum Gasteiger partial charge on any atom is -0.0720 e. The van der Waals surface area contributed by atoms with Crippen LogP contribution >= 0.6 is 0 Å². The van der Waals surface area contributed by atoms with Gasteiger partial charge in [0.05, 0.1) is 0 Å². The molecule has 0 radical (unpaired) electrons. The topological polar surface area (TPSA) is 0 Å². The summed E-state index contributed by atoms with van der Waals surface area (Å²) in [6.45, 7) is 12.4. The highest BCUT2D eigenvalue weighted by Crippen LogP contribution is 2.43. The first-order valence-electron chi connectivity index (χ1n) is 6.02. The molecule has 0 aromatic carbocycles. The van der Waals surface area contributed by atoms with E-state index in [-0.39, 0.29) is 0 Å². The molecule has 0 N–H and O–H groups in total. The molecule has 0 amide bonds. The smallest absolute Gasteiger partial charge is 0.0340 e. The molecule has 1 aliphatic rings. The zero-order valence-electron chi connectivity index (χ0n) is 10.0. The summed E-state index contributed by atoms with van der Waals surface area (Å²) in [6.07, 6.45) is 4.53. The Morgan fingerprint density at radius 2 is 1.77 bits per heavy atom. The van der Waals surface area contributed by atoms with Crippen molar-refractivity contribution in [3.8, 4) is 0 Å². The lowest BCUT2D eigenvalue weighted by Gasteiger charge is -2.39. The molecule has 0 saturated heterocycles. The summed E-state index contributed by atoms with van der Waals surface area (Å²) >= 11 is 0. The van der Waals surface area contributed by atoms with Crippen molar-refractivity contribution in [3.05, 3.63) is 0 Å². The van der Waals surface area contributed by atoms with Crippen LogP contribution in [-0.4, -0.2) is 8.80 Å². The van der Waals surface area contributed by atoms with Crippen LogP contribution in [0.25, 0.3) is 0 Å². The normalized spacial score (nSPS) is 35.8. The van der Waals surface area contributed by atoms with Gasteiger partial charge in [-0.2, -0.15) is 0 Å². The Balaban J connectivity index is 2.60. The second-order valence-corrected chi connectivity index (χ2v) is 9.08. The van der Waals surface area contributed by atoms with Crippen molar-refractivity contribution in [1.82, 2.24) is 0 Å². The quantitative estimate of drug-likeness (QED) is 0.590. The highest BCUT2D eigenvalue weighted by molar-refractivity contribution is 6.57. The molecule has 0 aromatic rings. The fourth-order valence-electron chi connectivity index (χ4n) is 3.04. The van der Waals surface area contributed by atoms with Crippen molar-refractivity contribution < 1.29 is 0 Å². The second kappa shape index (κ2) is 4.63. The van der Waals surface area contributed by atoms with Gasteiger partial charge < -0.3 is 0 Å². The molecule has 1 aliphatic carbocycles. The predicted molar refractivity (Wildman–Crippen MR) is 64.0 cm³/mol. The van der Waals surface area contributed by atoms with E-state index >= 15 is 0 Å². The molecule has 3 atom stereocenters. The molecule has 0 heterocycles. The predicted octanol–water partition coefficient (Wildman–Crippen LogP) is 3.94. The van der Waals surface area contributed by atoms with Gasteiger partial charge in [-0.1, -0.05) is 46.7 Å². The highest BCUT2D eigenvalue weighted by atomic mass is 28.3. The van der Waals surface area contributed by atoms with Crippen LogP contribution in [0.2, 0.25) is 18.6 Å². The number of rotatable bonds is 2. The van der Waals surface area contributed by atoms with Gasteiger partial charge in [-0.25, -0.2) is 0 Å². The Morgan fingerprint density at radius 1 is 1.15 bits per heavy atom. The first-order chi connectivity index (χ1) is 6.02. The Hall–Kier alpha value is 0.217. The van der Waals surface area contributed by atoms with Gasteiger partial charge in [0.15, 0.2) is 0 Å². The van der Waals surface area contributed by atoms with Gasteiger partial charge in [-0.05, 0) is 29.7 Å². The maximum Gasteiger partial charge on any atom is 0.0340 e. The average molecular weight is 198 g/mol. The SMILES string of the molecule is CC1CCC(C(C)C)C([SiH](C)C)C1. The van der Waals surface area contributed by atoms with Crippen molar-refractivity contribution in [2.24, 2.45) is 17.8 Å². The van der Waals surface area contributed by atoms with Crippen molar-refractivity contribution in [3.63, 3.8) is 0 Å². The van der Waals surface area contributed by atoms with Gasteiger partial charge in [-0.15, -0.1) is 0 Å². The first kappa shape index (κ1) is 11.3. The van der Waals surface area contributed by atoms with Crippen LogP contribution < -0.4 is 0 Å². The van der Waals surface area contributed by atoms with Gasteiger partial charge in [0.25, 0.3) is 0 Å². The molecule has 78 valence electrons. The van der Waals surface area contributed by atoms with E-state index in [0.717, 1.165) is 23.3 Å². The van der Waals surface area contributed by atoms with E-state index in [1.807, 2.05) is 0 Å². The summed E-state index contributed by atoms with van der Waals surface area (Å²) in [6, 6.07) is 0. The van der Waals surface area contributed by atoms with Crippen molar-refractivity contribution in [1.29, 1.82) is 0 Å². The monoisotopic (exact) mass is 198 g/mol. The summed E-state index contributed by atoms with van der Waals surface area (Å²) in [5.41, 5.74) is 1.13. The molecule has 1 saturated carbocycles. The van der Waals surface area contributed by atoms with Gasteiger partial charge in [0.1, 0.15) is 0 Å². The zero-order valence-corrected chi connectivity index (χ0v) is 11.2. The summed E-state index contributed by atoms with van der Waals surface area (Å²) < 4.78 is 0. The third-order valence-corrected chi connectivity index (χ3v) is 6.41. The average Bonchev–Trinajstić information content (AvgIpc) is 2.03. The summed E-state index contributed by atoms with van der Waals surface area (Å²) in [7, 11) is -0.404. The summed E-state index contributed by atoms with van der Waals surface area (Å²) in [4.78, 5) is 0. The highest BCUT2D eigenvalue weighted by Gasteiger charge is 2.32. The molecule has 1 rings (SSSR count).